The van der Waals surface area contributed by atoms with Gasteiger partial charge in [-0.15, -0.1) is 0 Å². The van der Waals surface area contributed by atoms with Crippen LogP contribution in [0.4, 0.5) is 0 Å². The first-order valence-electron chi connectivity index (χ1n) is 10.3. The molecule has 0 aliphatic carbocycles. The quantitative estimate of drug-likeness (QED) is 0.505. The minimum absolute atomic E-state index is 0.0767. The molecule has 0 bridgehead atoms. The van der Waals surface area contributed by atoms with Gasteiger partial charge in [0.25, 0.3) is 0 Å². The van der Waals surface area contributed by atoms with Gasteiger partial charge in [0.05, 0.1) is 12.6 Å². The minimum Gasteiger partial charge on any atom is -0.491 e. The molecule has 2 aliphatic rings. The second-order valence-electron chi connectivity index (χ2n) is 7.49. The van der Waals surface area contributed by atoms with Crippen molar-refractivity contribution in [3.8, 4) is 28.8 Å². The number of nitrogens with zero attached hydrogens (tertiary/aromatic N) is 4. The normalized spacial score (nSPS) is 17.9. The van der Waals surface area contributed by atoms with Crippen molar-refractivity contribution >= 4 is 0 Å². The number of ether oxygens (including phenoxy) is 4. The van der Waals surface area contributed by atoms with E-state index in [0.29, 0.717) is 36.4 Å². The summed E-state index contributed by atoms with van der Waals surface area (Å²) in [4.78, 5) is 11.4. The van der Waals surface area contributed by atoms with Gasteiger partial charge in [-0.1, -0.05) is 11.2 Å². The fraction of sp³-hybridized carbons (Fsp3) is 0.409. The number of aromatic nitrogens is 3. The first kappa shape index (κ1) is 19.8. The average molecular weight is 424 g/mol. The van der Waals surface area contributed by atoms with Crippen LogP contribution in [0.15, 0.2) is 41.1 Å². The van der Waals surface area contributed by atoms with Crippen molar-refractivity contribution in [2.75, 3.05) is 33.7 Å². The second-order valence-corrected chi connectivity index (χ2v) is 7.49. The first-order chi connectivity index (χ1) is 15.3. The average Bonchev–Trinajstić information content (AvgIpc) is 3.54. The summed E-state index contributed by atoms with van der Waals surface area (Å²) < 4.78 is 27.2. The van der Waals surface area contributed by atoms with Gasteiger partial charge < -0.3 is 23.5 Å². The summed E-state index contributed by atoms with van der Waals surface area (Å²) in [6, 6.07) is 9.75. The zero-order chi connectivity index (χ0) is 21.0. The van der Waals surface area contributed by atoms with Crippen molar-refractivity contribution in [1.82, 2.24) is 20.0 Å². The second kappa shape index (κ2) is 8.91. The Labute approximate surface area is 179 Å². The third-order valence-corrected chi connectivity index (χ3v) is 5.43. The highest BCUT2D eigenvalue weighted by atomic mass is 16.7. The summed E-state index contributed by atoms with van der Waals surface area (Å²) in [6.45, 7) is 3.01. The standard InChI is InChI=1S/C22H24N4O5/c1-27-9-10-28-16-6-7-23-17(12-16)21-24-22(31-25-21)18-3-2-8-26(18)13-15-4-5-19-20(11-15)30-14-29-19/h4-7,11-12,18H,2-3,8-10,13-14H2,1H3/t18-/m0/s1. The van der Waals surface area contributed by atoms with Crippen LogP contribution in [0.5, 0.6) is 17.2 Å². The number of hydrogen-bond acceptors (Lipinski definition) is 9. The minimum atomic E-state index is 0.0767. The zero-order valence-corrected chi connectivity index (χ0v) is 17.3. The largest absolute Gasteiger partial charge is 0.491 e. The number of hydrogen-bond donors (Lipinski definition) is 0. The van der Waals surface area contributed by atoms with Crippen LogP contribution in [0.2, 0.25) is 0 Å². The van der Waals surface area contributed by atoms with E-state index >= 15 is 0 Å². The molecule has 5 rings (SSSR count). The smallest absolute Gasteiger partial charge is 0.244 e. The SMILES string of the molecule is COCCOc1ccnc(-c2noc([C@@H]3CCCN3Cc3ccc4c(c3)OCO4)n2)c1. The third-order valence-electron chi connectivity index (χ3n) is 5.43. The molecule has 0 radical (unpaired) electrons. The van der Waals surface area contributed by atoms with Crippen LogP contribution in [0.1, 0.15) is 30.3 Å². The Balaban J connectivity index is 1.29. The number of pyridine rings is 1. The lowest BCUT2D eigenvalue weighted by Gasteiger charge is -2.21. The van der Waals surface area contributed by atoms with E-state index in [1.54, 1.807) is 19.4 Å². The van der Waals surface area contributed by atoms with E-state index < -0.39 is 0 Å². The lowest BCUT2D eigenvalue weighted by atomic mass is 10.1. The van der Waals surface area contributed by atoms with E-state index in [-0.39, 0.29) is 12.8 Å². The first-order valence-corrected chi connectivity index (χ1v) is 10.3. The molecule has 1 atom stereocenters. The van der Waals surface area contributed by atoms with Gasteiger partial charge in [0, 0.05) is 25.9 Å². The zero-order valence-electron chi connectivity index (χ0n) is 17.3. The van der Waals surface area contributed by atoms with E-state index in [2.05, 4.69) is 26.1 Å². The van der Waals surface area contributed by atoms with E-state index in [1.807, 2.05) is 18.2 Å². The summed E-state index contributed by atoms with van der Waals surface area (Å²) in [6.07, 6.45) is 3.72. The Hall–Kier alpha value is -3.17. The maximum atomic E-state index is 5.65. The predicted octanol–water partition coefficient (Wildman–Crippen LogP) is 3.22. The molecule has 0 amide bonds. The summed E-state index contributed by atoms with van der Waals surface area (Å²) in [5.41, 5.74) is 1.78. The molecule has 0 unspecified atom stereocenters. The number of rotatable bonds is 8. The van der Waals surface area contributed by atoms with Crippen LogP contribution >= 0.6 is 0 Å². The maximum Gasteiger partial charge on any atom is 0.244 e. The van der Waals surface area contributed by atoms with Crippen molar-refractivity contribution in [3.63, 3.8) is 0 Å². The lowest BCUT2D eigenvalue weighted by Crippen LogP contribution is -2.23. The molecule has 1 fully saturated rings. The summed E-state index contributed by atoms with van der Waals surface area (Å²) in [7, 11) is 1.64. The number of fused-ring (bicyclic) bond motifs is 1. The molecule has 2 aromatic heterocycles. The molecule has 9 heteroatoms. The lowest BCUT2D eigenvalue weighted by molar-refractivity contribution is 0.146. The van der Waals surface area contributed by atoms with Crippen LogP contribution in [0.25, 0.3) is 11.5 Å². The highest BCUT2D eigenvalue weighted by Gasteiger charge is 2.31. The van der Waals surface area contributed by atoms with Gasteiger partial charge in [0.2, 0.25) is 18.5 Å². The number of benzene rings is 1. The molecule has 4 heterocycles. The molecular weight excluding hydrogens is 400 g/mol. The van der Waals surface area contributed by atoms with Gasteiger partial charge >= 0.3 is 0 Å². The van der Waals surface area contributed by atoms with Gasteiger partial charge in [0.1, 0.15) is 18.1 Å². The Morgan fingerprint density at radius 2 is 2.06 bits per heavy atom. The van der Waals surface area contributed by atoms with Crippen LogP contribution < -0.4 is 14.2 Å². The summed E-state index contributed by atoms with van der Waals surface area (Å²) in [5, 5.41) is 4.17. The van der Waals surface area contributed by atoms with Crippen molar-refractivity contribution in [2.45, 2.75) is 25.4 Å². The summed E-state index contributed by atoms with van der Waals surface area (Å²) >= 11 is 0. The molecule has 3 aromatic rings. The molecule has 162 valence electrons. The van der Waals surface area contributed by atoms with E-state index in [1.165, 1.54) is 5.56 Å². The van der Waals surface area contributed by atoms with Gasteiger partial charge in [-0.25, -0.2) is 0 Å². The van der Waals surface area contributed by atoms with Crippen LogP contribution in [-0.4, -0.2) is 53.7 Å². The fourth-order valence-corrected chi connectivity index (χ4v) is 3.91. The van der Waals surface area contributed by atoms with Crippen molar-refractivity contribution in [3.05, 3.63) is 48.0 Å². The maximum absolute atomic E-state index is 5.65. The highest BCUT2D eigenvalue weighted by molar-refractivity contribution is 5.51. The van der Waals surface area contributed by atoms with Gasteiger partial charge in [0.15, 0.2) is 11.5 Å². The third kappa shape index (κ3) is 4.33. The molecule has 0 saturated carbocycles. The van der Waals surface area contributed by atoms with E-state index in [9.17, 15) is 0 Å². The highest BCUT2D eigenvalue weighted by Crippen LogP contribution is 2.36. The molecule has 31 heavy (non-hydrogen) atoms. The Morgan fingerprint density at radius 1 is 1.13 bits per heavy atom. The van der Waals surface area contributed by atoms with Gasteiger partial charge in [-0.3, -0.25) is 9.88 Å². The molecule has 1 aromatic carbocycles. The Bertz CT molecular complexity index is 1040. The van der Waals surface area contributed by atoms with Crippen LogP contribution in [0.3, 0.4) is 0 Å². The van der Waals surface area contributed by atoms with E-state index in [0.717, 1.165) is 37.4 Å². The Kier molecular flexibility index (Phi) is 5.68. The van der Waals surface area contributed by atoms with E-state index in [4.69, 9.17) is 23.5 Å². The summed E-state index contributed by atoms with van der Waals surface area (Å²) in [5.74, 6) is 3.36. The molecule has 2 aliphatic heterocycles. The number of methoxy groups -OCH3 is 1. The molecular formula is C22H24N4O5. The fourth-order valence-electron chi connectivity index (χ4n) is 3.91. The number of likely N-dealkylation sites (tertiary alicyclic amines) is 1. The van der Waals surface area contributed by atoms with Crippen molar-refractivity contribution < 1.29 is 23.5 Å². The molecule has 0 N–H and O–H groups in total. The Morgan fingerprint density at radius 3 is 3.00 bits per heavy atom. The molecule has 1 saturated heterocycles. The van der Waals surface area contributed by atoms with Gasteiger partial charge in [-0.2, -0.15) is 4.98 Å². The van der Waals surface area contributed by atoms with Crippen molar-refractivity contribution in [2.24, 2.45) is 0 Å². The molecule has 9 nitrogen and oxygen atoms in total. The van der Waals surface area contributed by atoms with Gasteiger partial charge in [-0.05, 0) is 43.1 Å². The monoisotopic (exact) mass is 424 g/mol. The molecule has 0 spiro atoms. The van der Waals surface area contributed by atoms with Crippen LogP contribution in [-0.2, 0) is 11.3 Å². The topological polar surface area (TPSA) is 92.0 Å². The predicted molar refractivity (Wildman–Crippen MR) is 110 cm³/mol. The van der Waals surface area contributed by atoms with Crippen molar-refractivity contribution in [1.29, 1.82) is 0 Å². The van der Waals surface area contributed by atoms with Crippen LogP contribution in [0, 0.1) is 0 Å².